The van der Waals surface area contributed by atoms with E-state index in [2.05, 4.69) is 15.0 Å². The van der Waals surface area contributed by atoms with Crippen molar-refractivity contribution in [2.24, 2.45) is 0 Å². The maximum absolute atomic E-state index is 12.4. The second-order valence-corrected chi connectivity index (χ2v) is 9.83. The van der Waals surface area contributed by atoms with Crippen LogP contribution >= 0.6 is 7.60 Å². The first-order valence-electron chi connectivity index (χ1n) is 9.22. The molecule has 12 nitrogen and oxygen atoms in total. The van der Waals surface area contributed by atoms with Crippen molar-refractivity contribution in [3.05, 3.63) is 6.33 Å². The van der Waals surface area contributed by atoms with Gasteiger partial charge in [-0.15, -0.1) is 0 Å². The highest BCUT2D eigenvalue weighted by Crippen LogP contribution is 2.51. The first-order valence-corrected chi connectivity index (χ1v) is 10.9. The van der Waals surface area contributed by atoms with E-state index in [0.29, 0.717) is 5.52 Å². The lowest BCUT2D eigenvalue weighted by atomic mass is 10.1. The highest BCUT2D eigenvalue weighted by molar-refractivity contribution is 7.53. The second kappa shape index (κ2) is 8.13. The molecule has 5 atom stereocenters. The highest BCUT2D eigenvalue weighted by Gasteiger charge is 2.49. The first kappa shape index (κ1) is 21.9. The van der Waals surface area contributed by atoms with Crippen LogP contribution in [0.15, 0.2) is 6.33 Å². The fraction of sp³-hybridized carbons (Fsp3) is 0.688. The number of nitrogen functional groups attached to an aromatic ring is 2. The van der Waals surface area contributed by atoms with Crippen molar-refractivity contribution >= 4 is 30.5 Å². The standard InChI is InChI=1S/C16H27N6O6P/c1-7(2)26-5-9-12(28-29(24,25)8(3)4)11(23)15(27-9)22-6-19-10-13(17)20-16(18)21-14(10)22/h6-9,11-12,15,23H,5H2,1-4H3,(H,24,25)(H4,17,18,20,21)/t9-,11-,12-,15-/m1/s1. The van der Waals surface area contributed by atoms with Crippen molar-refractivity contribution < 1.29 is 28.6 Å². The molecule has 1 saturated heterocycles. The third kappa shape index (κ3) is 4.37. The van der Waals surface area contributed by atoms with E-state index in [1.54, 1.807) is 13.8 Å². The van der Waals surface area contributed by atoms with E-state index in [0.717, 1.165) is 0 Å². The molecule has 6 N–H and O–H groups in total. The zero-order chi connectivity index (χ0) is 21.5. The molecule has 3 heterocycles. The van der Waals surface area contributed by atoms with Crippen molar-refractivity contribution in [2.45, 2.75) is 64.0 Å². The Morgan fingerprint density at radius 2 is 2.00 bits per heavy atom. The van der Waals surface area contributed by atoms with Crippen LogP contribution < -0.4 is 11.5 Å². The van der Waals surface area contributed by atoms with Crippen LogP contribution in [-0.2, 0) is 18.6 Å². The lowest BCUT2D eigenvalue weighted by Gasteiger charge is -2.25. The van der Waals surface area contributed by atoms with Crippen molar-refractivity contribution in [2.75, 3.05) is 18.1 Å². The molecule has 1 aliphatic heterocycles. The summed E-state index contributed by atoms with van der Waals surface area (Å²) in [5.74, 6) is 0.0299. The number of aliphatic hydroxyl groups is 1. The highest BCUT2D eigenvalue weighted by atomic mass is 31.2. The van der Waals surface area contributed by atoms with E-state index in [1.807, 2.05) is 13.8 Å². The molecule has 1 aliphatic rings. The number of anilines is 2. The monoisotopic (exact) mass is 430 g/mol. The van der Waals surface area contributed by atoms with Gasteiger partial charge in [-0.3, -0.25) is 13.7 Å². The van der Waals surface area contributed by atoms with Crippen LogP contribution in [0, 0.1) is 0 Å². The molecule has 0 saturated carbocycles. The maximum atomic E-state index is 12.4. The second-order valence-electron chi connectivity index (χ2n) is 7.46. The van der Waals surface area contributed by atoms with E-state index < -0.39 is 37.8 Å². The van der Waals surface area contributed by atoms with E-state index >= 15 is 0 Å². The van der Waals surface area contributed by atoms with Gasteiger partial charge >= 0.3 is 7.60 Å². The SMILES string of the molecule is CC(C)OC[C@H]1O[C@@H](n2cnc3c(N)nc(N)nc32)[C@H](O)[C@@H]1OP(=O)(O)C(C)C. The number of nitrogens with zero attached hydrogens (tertiary/aromatic N) is 4. The van der Waals surface area contributed by atoms with Gasteiger partial charge in [0.2, 0.25) is 5.95 Å². The molecule has 2 aromatic heterocycles. The zero-order valence-corrected chi connectivity index (χ0v) is 17.6. The third-order valence-corrected chi connectivity index (χ3v) is 6.42. The number of nitrogens with two attached hydrogens (primary N) is 2. The zero-order valence-electron chi connectivity index (χ0n) is 16.7. The maximum Gasteiger partial charge on any atom is 0.331 e. The van der Waals surface area contributed by atoms with Crippen LogP contribution in [0.2, 0.25) is 0 Å². The van der Waals surface area contributed by atoms with Gasteiger partial charge in [0.05, 0.1) is 24.7 Å². The largest absolute Gasteiger partial charge is 0.386 e. The van der Waals surface area contributed by atoms with Gasteiger partial charge in [0.15, 0.2) is 17.7 Å². The Morgan fingerprint density at radius 3 is 2.62 bits per heavy atom. The average molecular weight is 430 g/mol. The molecule has 0 bridgehead atoms. The van der Waals surface area contributed by atoms with E-state index in [9.17, 15) is 14.6 Å². The summed E-state index contributed by atoms with van der Waals surface area (Å²) in [6.45, 7) is 6.86. The number of aliphatic hydroxyl groups excluding tert-OH is 1. The van der Waals surface area contributed by atoms with E-state index in [-0.39, 0.29) is 30.1 Å². The van der Waals surface area contributed by atoms with Gasteiger partial charge in [-0.05, 0) is 13.8 Å². The minimum Gasteiger partial charge on any atom is -0.386 e. The minimum absolute atomic E-state index is 0.0554. The smallest absolute Gasteiger partial charge is 0.331 e. The summed E-state index contributed by atoms with van der Waals surface area (Å²) < 4.78 is 30.9. The Balaban J connectivity index is 1.95. The van der Waals surface area contributed by atoms with Gasteiger partial charge in [0.1, 0.15) is 23.8 Å². The predicted octanol–water partition coefficient (Wildman–Crippen LogP) is 0.653. The van der Waals surface area contributed by atoms with Gasteiger partial charge in [-0.1, -0.05) is 13.8 Å². The van der Waals surface area contributed by atoms with Crippen molar-refractivity contribution in [1.82, 2.24) is 19.5 Å². The number of ether oxygens (including phenoxy) is 2. The molecule has 13 heteroatoms. The van der Waals surface area contributed by atoms with Crippen molar-refractivity contribution in [3.8, 4) is 0 Å². The van der Waals surface area contributed by atoms with Gasteiger partial charge in [0, 0.05) is 0 Å². The van der Waals surface area contributed by atoms with Gasteiger partial charge < -0.3 is 30.9 Å². The Bertz CT molecular complexity index is 921. The number of rotatable bonds is 7. The molecule has 1 fully saturated rings. The average Bonchev–Trinajstić information content (AvgIpc) is 3.15. The molecule has 3 rings (SSSR count). The third-order valence-electron chi connectivity index (χ3n) is 4.57. The number of hydrogen-bond donors (Lipinski definition) is 4. The number of fused-ring (bicyclic) bond motifs is 1. The fourth-order valence-corrected chi connectivity index (χ4v) is 3.79. The van der Waals surface area contributed by atoms with Crippen LogP contribution in [0.1, 0.15) is 33.9 Å². The van der Waals surface area contributed by atoms with Gasteiger partial charge in [-0.2, -0.15) is 9.97 Å². The predicted molar refractivity (Wildman–Crippen MR) is 105 cm³/mol. The topological polar surface area (TPSA) is 181 Å². The molecule has 2 aromatic rings. The van der Waals surface area contributed by atoms with Crippen LogP contribution in [0.25, 0.3) is 11.2 Å². The summed E-state index contributed by atoms with van der Waals surface area (Å²) in [6.07, 6.45) is -2.94. The molecule has 0 aromatic carbocycles. The normalized spacial score (nSPS) is 27.2. The van der Waals surface area contributed by atoms with Crippen LogP contribution in [0.5, 0.6) is 0 Å². The summed E-state index contributed by atoms with van der Waals surface area (Å²) in [5, 5.41) is 10.9. The fourth-order valence-electron chi connectivity index (χ4n) is 2.94. The Morgan fingerprint density at radius 1 is 1.31 bits per heavy atom. The molecular weight excluding hydrogens is 403 g/mol. The van der Waals surface area contributed by atoms with Gasteiger partial charge in [-0.25, -0.2) is 4.98 Å². The minimum atomic E-state index is -3.99. The molecule has 1 unspecified atom stereocenters. The Hall–Kier alpha value is -1.82. The molecule has 162 valence electrons. The molecule has 29 heavy (non-hydrogen) atoms. The van der Waals surface area contributed by atoms with Crippen LogP contribution in [-0.4, -0.2) is 66.2 Å². The molecule has 0 radical (unpaired) electrons. The first-order chi connectivity index (χ1) is 13.5. The number of hydrogen-bond acceptors (Lipinski definition) is 10. The molecule has 0 spiro atoms. The van der Waals surface area contributed by atoms with E-state index in [4.69, 9.17) is 25.5 Å². The summed E-state index contributed by atoms with van der Waals surface area (Å²) >= 11 is 0. The lowest BCUT2D eigenvalue weighted by molar-refractivity contribution is -0.0742. The molecular formula is C16H27N6O6P. The van der Waals surface area contributed by atoms with Crippen LogP contribution in [0.3, 0.4) is 0 Å². The number of imidazole rings is 1. The Kier molecular flexibility index (Phi) is 6.13. The summed E-state index contributed by atoms with van der Waals surface area (Å²) in [6, 6.07) is 0. The molecule has 0 aliphatic carbocycles. The summed E-state index contributed by atoms with van der Waals surface area (Å²) in [4.78, 5) is 22.3. The van der Waals surface area contributed by atoms with Gasteiger partial charge in [0.25, 0.3) is 0 Å². The van der Waals surface area contributed by atoms with E-state index in [1.165, 1.54) is 10.9 Å². The van der Waals surface area contributed by atoms with Crippen LogP contribution in [0.4, 0.5) is 11.8 Å². The summed E-state index contributed by atoms with van der Waals surface area (Å²) in [5.41, 5.74) is 11.4. The number of aromatic nitrogens is 4. The van der Waals surface area contributed by atoms with Crippen molar-refractivity contribution in [1.29, 1.82) is 0 Å². The quantitative estimate of drug-likeness (QED) is 0.453. The summed E-state index contributed by atoms with van der Waals surface area (Å²) in [7, 11) is -3.99. The van der Waals surface area contributed by atoms with Crippen molar-refractivity contribution in [3.63, 3.8) is 0 Å². The molecule has 0 amide bonds. The Labute approximate surface area is 167 Å². The lowest BCUT2D eigenvalue weighted by Crippen LogP contribution is -2.37.